The van der Waals surface area contributed by atoms with Crippen molar-refractivity contribution in [3.8, 4) is 0 Å². The molecule has 0 unspecified atom stereocenters. The zero-order chi connectivity index (χ0) is 24.0. The molecular formula is C23H31N5O3S2. The summed E-state index contributed by atoms with van der Waals surface area (Å²) in [6, 6.07) is 4.28. The summed E-state index contributed by atoms with van der Waals surface area (Å²) in [4.78, 5) is 48.2. The van der Waals surface area contributed by atoms with Crippen LogP contribution in [0.2, 0.25) is 0 Å². The summed E-state index contributed by atoms with van der Waals surface area (Å²) in [6.45, 7) is 5.78. The van der Waals surface area contributed by atoms with Crippen LogP contribution in [0.15, 0.2) is 35.3 Å². The van der Waals surface area contributed by atoms with Crippen molar-refractivity contribution >= 4 is 47.2 Å². The number of thiol groups is 1. The molecule has 0 aromatic carbocycles. The quantitative estimate of drug-likeness (QED) is 0.381. The first-order chi connectivity index (χ1) is 15.7. The van der Waals surface area contributed by atoms with E-state index in [9.17, 15) is 14.4 Å². The standard InChI is InChI=1S/C23H31N5O3S2/c1-14(2)19-20(30)26-15(7-4-5-10-32)11-18(29)24-12-16-8-6-9-17(25-16)21-28-23(3,13-33-21)22(31)27-19/h4,6-9,14-15,19,32H,5,10-13H2,1-3H3,(H,24,29)(H,26,30)(H,27,31)/b7-4+/t15-,19+,23+/m1/s1. The SMILES string of the molecule is CC(C)[C@@H]1NC(=O)[C@]2(C)CSC(=N2)c2cccc(n2)CNC(=O)C[C@@H](/C=C/CCS)NC1=O. The third-order valence-electron chi connectivity index (χ3n) is 5.45. The summed E-state index contributed by atoms with van der Waals surface area (Å²) in [5, 5.41) is 9.37. The maximum atomic E-state index is 13.2. The number of nitrogens with zero attached hydrogens (tertiary/aromatic N) is 2. The Hall–Kier alpha value is -2.33. The van der Waals surface area contributed by atoms with E-state index in [4.69, 9.17) is 0 Å². The number of rotatable bonds is 4. The minimum absolute atomic E-state index is 0.0769. The Morgan fingerprint density at radius 3 is 2.79 bits per heavy atom. The summed E-state index contributed by atoms with van der Waals surface area (Å²) in [7, 11) is 0. The van der Waals surface area contributed by atoms with Gasteiger partial charge in [-0.05, 0) is 37.1 Å². The van der Waals surface area contributed by atoms with Crippen molar-refractivity contribution in [1.82, 2.24) is 20.9 Å². The molecule has 0 spiro atoms. The van der Waals surface area contributed by atoms with Gasteiger partial charge in [-0.2, -0.15) is 12.6 Å². The van der Waals surface area contributed by atoms with Crippen molar-refractivity contribution in [1.29, 1.82) is 0 Å². The Balaban J connectivity index is 1.95. The molecule has 0 saturated carbocycles. The van der Waals surface area contributed by atoms with Crippen LogP contribution in [-0.4, -0.2) is 56.9 Å². The predicted octanol–water partition coefficient (Wildman–Crippen LogP) is 1.86. The lowest BCUT2D eigenvalue weighted by Crippen LogP contribution is -2.56. The van der Waals surface area contributed by atoms with Crippen LogP contribution in [0.25, 0.3) is 0 Å². The van der Waals surface area contributed by atoms with Gasteiger partial charge >= 0.3 is 0 Å². The van der Waals surface area contributed by atoms with E-state index in [1.165, 1.54) is 11.8 Å². The molecule has 0 saturated heterocycles. The van der Waals surface area contributed by atoms with Crippen molar-refractivity contribution in [2.45, 2.75) is 57.8 Å². The van der Waals surface area contributed by atoms with Gasteiger partial charge in [0.05, 0.1) is 30.4 Å². The number of carbonyl (C=O) groups is 3. The van der Waals surface area contributed by atoms with Crippen LogP contribution < -0.4 is 16.0 Å². The number of hydrogen-bond acceptors (Lipinski definition) is 7. The van der Waals surface area contributed by atoms with Gasteiger partial charge in [-0.1, -0.05) is 32.1 Å². The number of fused-ring (bicyclic) bond motifs is 4. The van der Waals surface area contributed by atoms with Gasteiger partial charge in [-0.25, -0.2) is 4.98 Å². The van der Waals surface area contributed by atoms with Crippen molar-refractivity contribution < 1.29 is 14.4 Å². The van der Waals surface area contributed by atoms with Crippen LogP contribution in [0.3, 0.4) is 0 Å². The molecule has 3 heterocycles. The molecule has 33 heavy (non-hydrogen) atoms. The lowest BCUT2D eigenvalue weighted by atomic mass is 9.99. The highest BCUT2D eigenvalue weighted by molar-refractivity contribution is 8.14. The van der Waals surface area contributed by atoms with E-state index in [-0.39, 0.29) is 36.6 Å². The first-order valence-electron chi connectivity index (χ1n) is 11.1. The van der Waals surface area contributed by atoms with E-state index in [2.05, 4.69) is 38.6 Å². The predicted molar refractivity (Wildman–Crippen MR) is 134 cm³/mol. The lowest BCUT2D eigenvalue weighted by molar-refractivity contribution is -0.132. The van der Waals surface area contributed by atoms with E-state index < -0.39 is 17.6 Å². The molecule has 1 aromatic rings. The molecule has 2 aliphatic heterocycles. The average molecular weight is 490 g/mol. The number of carbonyl (C=O) groups excluding carboxylic acids is 3. The van der Waals surface area contributed by atoms with Gasteiger partial charge in [0.25, 0.3) is 0 Å². The number of nitrogens with one attached hydrogen (secondary N) is 3. The van der Waals surface area contributed by atoms with Crippen LogP contribution in [-0.2, 0) is 20.9 Å². The lowest BCUT2D eigenvalue weighted by Gasteiger charge is -2.27. The largest absolute Gasteiger partial charge is 0.350 e. The molecule has 3 atom stereocenters. The Kier molecular flexibility index (Phi) is 8.58. The Morgan fingerprint density at radius 2 is 2.06 bits per heavy atom. The monoisotopic (exact) mass is 489 g/mol. The van der Waals surface area contributed by atoms with Gasteiger partial charge in [0.1, 0.15) is 16.6 Å². The van der Waals surface area contributed by atoms with Crippen molar-refractivity contribution in [2.75, 3.05) is 11.5 Å². The topological polar surface area (TPSA) is 113 Å². The Labute approximate surface area is 204 Å². The molecule has 3 amide bonds. The molecule has 0 radical (unpaired) electrons. The average Bonchev–Trinajstić information content (AvgIpc) is 3.19. The Bertz CT molecular complexity index is 965. The number of pyridine rings is 1. The molecule has 1 aromatic heterocycles. The van der Waals surface area contributed by atoms with Crippen LogP contribution >= 0.6 is 24.4 Å². The van der Waals surface area contributed by atoms with Gasteiger partial charge < -0.3 is 16.0 Å². The molecule has 3 N–H and O–H groups in total. The highest BCUT2D eigenvalue weighted by atomic mass is 32.2. The second kappa shape index (κ2) is 11.2. The maximum absolute atomic E-state index is 13.2. The third-order valence-corrected chi connectivity index (χ3v) is 6.99. The van der Waals surface area contributed by atoms with Crippen LogP contribution in [0, 0.1) is 5.92 Å². The summed E-state index contributed by atoms with van der Waals surface area (Å²) in [5.74, 6) is 0.128. The number of hydrogen-bond donors (Lipinski definition) is 4. The minimum Gasteiger partial charge on any atom is -0.350 e. The van der Waals surface area contributed by atoms with Crippen LogP contribution in [0.1, 0.15) is 45.0 Å². The van der Waals surface area contributed by atoms with Crippen molar-refractivity contribution in [3.63, 3.8) is 0 Å². The summed E-state index contributed by atoms with van der Waals surface area (Å²) < 4.78 is 0. The third kappa shape index (κ3) is 6.60. The zero-order valence-corrected chi connectivity index (χ0v) is 20.8. The van der Waals surface area contributed by atoms with Gasteiger partial charge in [0.2, 0.25) is 17.7 Å². The molecule has 4 bridgehead atoms. The van der Waals surface area contributed by atoms with Crippen LogP contribution in [0.4, 0.5) is 0 Å². The summed E-state index contributed by atoms with van der Waals surface area (Å²) in [5.41, 5.74) is 0.365. The number of aromatic nitrogens is 1. The number of aliphatic imine (C=N–C) groups is 1. The van der Waals surface area contributed by atoms with Gasteiger partial charge in [0.15, 0.2) is 0 Å². The second-order valence-corrected chi connectivity index (χ2v) is 10.1. The molecule has 178 valence electrons. The highest BCUT2D eigenvalue weighted by Gasteiger charge is 2.41. The summed E-state index contributed by atoms with van der Waals surface area (Å²) >= 11 is 5.66. The normalized spacial score (nSPS) is 26.7. The molecule has 0 fully saturated rings. The van der Waals surface area contributed by atoms with E-state index in [1.54, 1.807) is 13.0 Å². The first kappa shape index (κ1) is 25.3. The maximum Gasteiger partial charge on any atom is 0.249 e. The molecule has 2 aliphatic rings. The van der Waals surface area contributed by atoms with Gasteiger partial charge in [-0.3, -0.25) is 19.4 Å². The van der Waals surface area contributed by atoms with Gasteiger partial charge in [0, 0.05) is 5.75 Å². The fraction of sp³-hybridized carbons (Fsp3) is 0.522. The Morgan fingerprint density at radius 1 is 1.27 bits per heavy atom. The molecule has 8 nitrogen and oxygen atoms in total. The molecular weight excluding hydrogens is 458 g/mol. The van der Waals surface area contributed by atoms with Gasteiger partial charge in [-0.15, -0.1) is 11.8 Å². The second-order valence-electron chi connectivity index (χ2n) is 8.73. The number of amides is 3. The van der Waals surface area contributed by atoms with E-state index in [0.29, 0.717) is 34.4 Å². The van der Waals surface area contributed by atoms with Crippen LogP contribution in [0.5, 0.6) is 0 Å². The number of allylic oxidation sites excluding steroid dienone is 1. The zero-order valence-electron chi connectivity index (χ0n) is 19.1. The van der Waals surface area contributed by atoms with E-state index >= 15 is 0 Å². The van der Waals surface area contributed by atoms with Crippen molar-refractivity contribution in [3.05, 3.63) is 41.7 Å². The fourth-order valence-corrected chi connectivity index (χ4v) is 4.80. The van der Waals surface area contributed by atoms with E-state index in [0.717, 1.165) is 0 Å². The smallest absolute Gasteiger partial charge is 0.249 e. The number of thioether (sulfide) groups is 1. The molecule has 3 rings (SSSR count). The summed E-state index contributed by atoms with van der Waals surface area (Å²) in [6.07, 6.45) is 4.49. The fourth-order valence-electron chi connectivity index (χ4n) is 3.51. The minimum atomic E-state index is -0.998. The first-order valence-corrected chi connectivity index (χ1v) is 12.7. The van der Waals surface area contributed by atoms with Crippen molar-refractivity contribution in [2.24, 2.45) is 10.9 Å². The highest BCUT2D eigenvalue weighted by Crippen LogP contribution is 2.31. The van der Waals surface area contributed by atoms with E-state index in [1.807, 2.05) is 38.1 Å². The molecule has 10 heteroatoms. The molecule has 0 aliphatic carbocycles.